The summed E-state index contributed by atoms with van der Waals surface area (Å²) in [7, 11) is 0. The van der Waals surface area contributed by atoms with Crippen LogP contribution >= 0.6 is 0 Å². The standard InChI is InChI=1S/C19H19NO2/c1-2-3-4-7-12-10-11-15-16(17(12)20)19(22)14-9-6-5-8-13(14)18(15)21/h5-6,8-11H,2-4,7,20H2,1H3. The molecule has 3 heteroatoms. The number of hydrogen-bond acceptors (Lipinski definition) is 3. The number of nitrogens with two attached hydrogens (primary N) is 1. The van der Waals surface area contributed by atoms with E-state index >= 15 is 0 Å². The number of hydrogen-bond donors (Lipinski definition) is 1. The molecule has 0 heterocycles. The molecule has 1 aliphatic carbocycles. The van der Waals surface area contributed by atoms with Gasteiger partial charge >= 0.3 is 0 Å². The molecule has 0 aromatic heterocycles. The van der Waals surface area contributed by atoms with Crippen molar-refractivity contribution in [3.63, 3.8) is 0 Å². The number of benzene rings is 2. The molecule has 0 saturated carbocycles. The summed E-state index contributed by atoms with van der Waals surface area (Å²) in [6.45, 7) is 2.15. The number of anilines is 1. The second kappa shape index (κ2) is 5.76. The van der Waals surface area contributed by atoms with Crippen molar-refractivity contribution in [1.29, 1.82) is 0 Å². The molecule has 0 unspecified atom stereocenters. The van der Waals surface area contributed by atoms with Crippen LogP contribution in [0, 0.1) is 0 Å². The van der Waals surface area contributed by atoms with Crippen LogP contribution < -0.4 is 5.73 Å². The van der Waals surface area contributed by atoms with E-state index in [1.54, 1.807) is 30.3 Å². The molecule has 112 valence electrons. The Morgan fingerprint density at radius 2 is 1.55 bits per heavy atom. The topological polar surface area (TPSA) is 60.2 Å². The average Bonchev–Trinajstić information content (AvgIpc) is 2.54. The summed E-state index contributed by atoms with van der Waals surface area (Å²) in [6.07, 6.45) is 4.15. The van der Waals surface area contributed by atoms with Gasteiger partial charge in [0.15, 0.2) is 11.6 Å². The summed E-state index contributed by atoms with van der Waals surface area (Å²) in [6, 6.07) is 10.6. The summed E-state index contributed by atoms with van der Waals surface area (Å²) >= 11 is 0. The van der Waals surface area contributed by atoms with Crippen molar-refractivity contribution < 1.29 is 9.59 Å². The van der Waals surface area contributed by atoms with E-state index in [2.05, 4.69) is 6.92 Å². The highest BCUT2D eigenvalue weighted by atomic mass is 16.1. The van der Waals surface area contributed by atoms with Gasteiger partial charge in [-0.3, -0.25) is 9.59 Å². The molecule has 0 saturated heterocycles. The van der Waals surface area contributed by atoms with Gasteiger partial charge in [0.25, 0.3) is 0 Å². The van der Waals surface area contributed by atoms with Gasteiger partial charge in [-0.25, -0.2) is 0 Å². The molecular weight excluding hydrogens is 274 g/mol. The fraction of sp³-hybridized carbons (Fsp3) is 0.263. The summed E-state index contributed by atoms with van der Waals surface area (Å²) in [5.74, 6) is -0.253. The number of ketones is 2. The van der Waals surface area contributed by atoms with Gasteiger partial charge in [0, 0.05) is 22.4 Å². The maximum absolute atomic E-state index is 12.7. The molecule has 2 N–H and O–H groups in total. The van der Waals surface area contributed by atoms with Crippen molar-refractivity contribution in [3.05, 3.63) is 64.2 Å². The monoisotopic (exact) mass is 293 g/mol. The van der Waals surface area contributed by atoms with Crippen molar-refractivity contribution in [2.45, 2.75) is 32.6 Å². The smallest absolute Gasteiger partial charge is 0.196 e. The van der Waals surface area contributed by atoms with Crippen molar-refractivity contribution in [2.24, 2.45) is 0 Å². The lowest BCUT2D eigenvalue weighted by molar-refractivity contribution is 0.0979. The first-order chi connectivity index (χ1) is 10.6. The van der Waals surface area contributed by atoms with E-state index < -0.39 is 0 Å². The molecule has 0 fully saturated rings. The summed E-state index contributed by atoms with van der Waals surface area (Å²) < 4.78 is 0. The zero-order valence-electron chi connectivity index (χ0n) is 12.7. The number of nitrogen functional groups attached to an aromatic ring is 1. The van der Waals surface area contributed by atoms with Gasteiger partial charge in [0.2, 0.25) is 0 Å². The van der Waals surface area contributed by atoms with E-state index in [4.69, 9.17) is 5.73 Å². The molecule has 1 aliphatic rings. The molecule has 0 aliphatic heterocycles. The molecule has 0 amide bonds. The van der Waals surface area contributed by atoms with Crippen LogP contribution in [-0.4, -0.2) is 11.6 Å². The predicted molar refractivity (Wildman–Crippen MR) is 87.4 cm³/mol. The Balaban J connectivity index is 2.07. The highest BCUT2D eigenvalue weighted by Gasteiger charge is 2.31. The Bertz CT molecular complexity index is 762. The molecule has 0 radical (unpaired) electrons. The Morgan fingerprint density at radius 3 is 2.23 bits per heavy atom. The second-order valence-electron chi connectivity index (χ2n) is 5.72. The molecule has 2 aromatic carbocycles. The minimum Gasteiger partial charge on any atom is -0.398 e. The quantitative estimate of drug-likeness (QED) is 0.588. The normalized spacial score (nSPS) is 13.0. The van der Waals surface area contributed by atoms with Gasteiger partial charge in [-0.1, -0.05) is 50.1 Å². The Kier molecular flexibility index (Phi) is 3.80. The largest absolute Gasteiger partial charge is 0.398 e. The molecule has 0 atom stereocenters. The van der Waals surface area contributed by atoms with E-state index in [1.165, 1.54) is 0 Å². The zero-order valence-corrected chi connectivity index (χ0v) is 12.7. The molecule has 2 aromatic rings. The van der Waals surface area contributed by atoms with E-state index in [-0.39, 0.29) is 11.6 Å². The summed E-state index contributed by atoms with van der Waals surface area (Å²) in [4.78, 5) is 25.3. The minimum absolute atomic E-state index is 0.114. The highest BCUT2D eigenvalue weighted by molar-refractivity contribution is 6.30. The van der Waals surface area contributed by atoms with Crippen LogP contribution in [0.25, 0.3) is 0 Å². The van der Waals surface area contributed by atoms with Gasteiger partial charge < -0.3 is 5.73 Å². The predicted octanol–water partition coefficient (Wildman–Crippen LogP) is 3.78. The minimum atomic E-state index is -0.139. The van der Waals surface area contributed by atoms with Crippen LogP contribution in [0.1, 0.15) is 63.6 Å². The van der Waals surface area contributed by atoms with Gasteiger partial charge in [-0.05, 0) is 24.5 Å². The number of fused-ring (bicyclic) bond motifs is 2. The van der Waals surface area contributed by atoms with Gasteiger partial charge in [-0.15, -0.1) is 0 Å². The van der Waals surface area contributed by atoms with E-state index in [9.17, 15) is 9.59 Å². The van der Waals surface area contributed by atoms with E-state index in [0.29, 0.717) is 27.9 Å². The molecule has 0 spiro atoms. The molecule has 0 bridgehead atoms. The van der Waals surface area contributed by atoms with E-state index in [1.807, 2.05) is 6.07 Å². The summed E-state index contributed by atoms with van der Waals surface area (Å²) in [5, 5.41) is 0. The van der Waals surface area contributed by atoms with Gasteiger partial charge in [0.05, 0.1) is 5.56 Å². The first kappa shape index (κ1) is 14.5. The number of unbranched alkanes of at least 4 members (excludes halogenated alkanes) is 2. The third kappa shape index (κ3) is 2.23. The van der Waals surface area contributed by atoms with Crippen molar-refractivity contribution >= 4 is 17.3 Å². The SMILES string of the molecule is CCCCCc1ccc2c(c1N)C(=O)c1ccccc1C2=O. The number of aryl methyl sites for hydroxylation is 1. The third-order valence-corrected chi connectivity index (χ3v) is 4.27. The van der Waals surface area contributed by atoms with Crippen molar-refractivity contribution in [2.75, 3.05) is 5.73 Å². The summed E-state index contributed by atoms with van der Waals surface area (Å²) in [5.41, 5.74) is 9.41. The van der Waals surface area contributed by atoms with Crippen LogP contribution in [0.4, 0.5) is 5.69 Å². The van der Waals surface area contributed by atoms with Crippen LogP contribution in [-0.2, 0) is 6.42 Å². The maximum atomic E-state index is 12.7. The van der Waals surface area contributed by atoms with Crippen molar-refractivity contribution in [3.8, 4) is 0 Å². The fourth-order valence-corrected chi connectivity index (χ4v) is 3.04. The molecule has 3 nitrogen and oxygen atoms in total. The maximum Gasteiger partial charge on any atom is 0.196 e. The van der Waals surface area contributed by atoms with Crippen LogP contribution in [0.5, 0.6) is 0 Å². The fourth-order valence-electron chi connectivity index (χ4n) is 3.04. The zero-order chi connectivity index (χ0) is 15.7. The second-order valence-corrected chi connectivity index (χ2v) is 5.72. The average molecular weight is 293 g/mol. The number of carbonyl (C=O) groups excluding carboxylic acids is 2. The highest BCUT2D eigenvalue weighted by Crippen LogP contribution is 2.33. The van der Waals surface area contributed by atoms with Crippen LogP contribution in [0.15, 0.2) is 36.4 Å². The van der Waals surface area contributed by atoms with Gasteiger partial charge in [0.1, 0.15) is 0 Å². The third-order valence-electron chi connectivity index (χ3n) is 4.27. The van der Waals surface area contributed by atoms with Crippen molar-refractivity contribution in [1.82, 2.24) is 0 Å². The molecular formula is C19H19NO2. The Labute approximate surface area is 130 Å². The first-order valence-corrected chi connectivity index (χ1v) is 7.75. The first-order valence-electron chi connectivity index (χ1n) is 7.75. The van der Waals surface area contributed by atoms with E-state index in [0.717, 1.165) is 31.2 Å². The lowest BCUT2D eigenvalue weighted by Gasteiger charge is -2.20. The Morgan fingerprint density at radius 1 is 0.864 bits per heavy atom. The number of rotatable bonds is 4. The lowest BCUT2D eigenvalue weighted by atomic mass is 9.82. The van der Waals surface area contributed by atoms with Crippen LogP contribution in [0.2, 0.25) is 0 Å². The van der Waals surface area contributed by atoms with Gasteiger partial charge in [-0.2, -0.15) is 0 Å². The lowest BCUT2D eigenvalue weighted by Crippen LogP contribution is -2.23. The Hall–Kier alpha value is -2.42. The molecule has 3 rings (SSSR count). The molecule has 22 heavy (non-hydrogen) atoms. The number of carbonyl (C=O) groups is 2. The van der Waals surface area contributed by atoms with Crippen LogP contribution in [0.3, 0.4) is 0 Å².